The van der Waals surface area contributed by atoms with Gasteiger partial charge in [0.1, 0.15) is 46.3 Å². The standard InChI is InChI=1S/C17H14N4O3S.C9H8ClN3O2/c1-2-24-17(23)12-7-11-15(18-8-19-16(11)21-12)20-10-4-3-9-5-14(22)25-13(9)6-10;1-2-15-9(14)6-3-5-7(10)11-4-12-8(5)13-6/h3-4,6-8H,2,5H2,1H3,(H2,18,19,20,21);3-4H,2H2,1H3,(H,11,12,13). The summed E-state index contributed by atoms with van der Waals surface area (Å²) in [7, 11) is 0. The molecule has 4 aromatic heterocycles. The first-order valence-electron chi connectivity index (χ1n) is 12.1. The molecule has 204 valence electrons. The van der Waals surface area contributed by atoms with Gasteiger partial charge in [-0.2, -0.15) is 0 Å². The van der Waals surface area contributed by atoms with Crippen molar-refractivity contribution >= 4 is 74.0 Å². The Morgan fingerprint density at radius 3 is 2.20 bits per heavy atom. The third kappa shape index (κ3) is 5.75. The fourth-order valence-corrected chi connectivity index (χ4v) is 5.03. The largest absolute Gasteiger partial charge is 0.461 e. The van der Waals surface area contributed by atoms with Gasteiger partial charge in [0.2, 0.25) is 0 Å². The monoisotopic (exact) mass is 579 g/mol. The van der Waals surface area contributed by atoms with Crippen molar-refractivity contribution in [3.05, 3.63) is 65.1 Å². The molecule has 1 aromatic carbocycles. The number of aromatic nitrogens is 6. The minimum Gasteiger partial charge on any atom is -0.461 e. The molecule has 6 rings (SSSR count). The molecule has 0 amide bonds. The number of H-pyrrole nitrogens is 2. The Morgan fingerprint density at radius 1 is 0.925 bits per heavy atom. The van der Waals surface area contributed by atoms with Crippen LogP contribution in [0.3, 0.4) is 0 Å². The van der Waals surface area contributed by atoms with Crippen molar-refractivity contribution in [2.45, 2.75) is 25.2 Å². The van der Waals surface area contributed by atoms with E-state index in [0.29, 0.717) is 64.1 Å². The maximum atomic E-state index is 11.9. The van der Waals surface area contributed by atoms with Crippen molar-refractivity contribution in [1.29, 1.82) is 0 Å². The van der Waals surface area contributed by atoms with E-state index in [2.05, 4.69) is 35.2 Å². The number of esters is 2. The minimum absolute atomic E-state index is 0.154. The fourth-order valence-electron chi connectivity index (χ4n) is 3.91. The van der Waals surface area contributed by atoms with E-state index in [4.69, 9.17) is 21.1 Å². The zero-order valence-corrected chi connectivity index (χ0v) is 22.9. The average Bonchev–Trinajstić information content (AvgIpc) is 3.66. The number of fused-ring (bicyclic) bond motifs is 3. The number of rotatable bonds is 6. The Hall–Kier alpha value is -4.49. The lowest BCUT2D eigenvalue weighted by Crippen LogP contribution is -2.04. The van der Waals surface area contributed by atoms with Crippen molar-refractivity contribution in [3.63, 3.8) is 0 Å². The number of nitrogens with zero attached hydrogens (tertiary/aromatic N) is 4. The highest BCUT2D eigenvalue weighted by atomic mass is 35.5. The average molecular weight is 580 g/mol. The number of thioether (sulfide) groups is 1. The molecule has 1 aliphatic heterocycles. The van der Waals surface area contributed by atoms with Gasteiger partial charge in [-0.05, 0) is 43.7 Å². The zero-order valence-electron chi connectivity index (χ0n) is 21.3. The molecular weight excluding hydrogens is 558 g/mol. The molecular formula is C26H22ClN7O5S. The summed E-state index contributed by atoms with van der Waals surface area (Å²) < 4.78 is 9.84. The predicted octanol–water partition coefficient (Wildman–Crippen LogP) is 4.84. The van der Waals surface area contributed by atoms with Gasteiger partial charge >= 0.3 is 11.9 Å². The molecule has 14 heteroatoms. The van der Waals surface area contributed by atoms with E-state index in [0.717, 1.165) is 16.1 Å². The second kappa shape index (κ2) is 11.7. The zero-order chi connectivity index (χ0) is 28.2. The second-order valence-corrected chi connectivity index (χ2v) is 9.77. The van der Waals surface area contributed by atoms with Crippen LogP contribution in [0.2, 0.25) is 5.15 Å². The molecule has 0 radical (unpaired) electrons. The van der Waals surface area contributed by atoms with Crippen molar-refractivity contribution in [2.24, 2.45) is 0 Å². The van der Waals surface area contributed by atoms with Crippen LogP contribution in [-0.4, -0.2) is 60.2 Å². The van der Waals surface area contributed by atoms with E-state index < -0.39 is 11.9 Å². The first-order valence-corrected chi connectivity index (χ1v) is 13.3. The minimum atomic E-state index is -0.432. The number of ether oxygens (including phenoxy) is 2. The summed E-state index contributed by atoms with van der Waals surface area (Å²) in [4.78, 5) is 57.7. The highest BCUT2D eigenvalue weighted by molar-refractivity contribution is 8.14. The summed E-state index contributed by atoms with van der Waals surface area (Å²) in [6.07, 6.45) is 3.22. The summed E-state index contributed by atoms with van der Waals surface area (Å²) in [6.45, 7) is 4.13. The third-order valence-corrected chi connectivity index (χ3v) is 6.96. The lowest BCUT2D eigenvalue weighted by molar-refractivity contribution is -0.110. The van der Waals surface area contributed by atoms with Crippen molar-refractivity contribution in [1.82, 2.24) is 29.9 Å². The van der Waals surface area contributed by atoms with Crippen molar-refractivity contribution < 1.29 is 23.9 Å². The molecule has 0 aliphatic carbocycles. The quantitative estimate of drug-likeness (QED) is 0.186. The first-order chi connectivity index (χ1) is 19.4. The van der Waals surface area contributed by atoms with Crippen LogP contribution in [-0.2, 0) is 20.7 Å². The van der Waals surface area contributed by atoms with Gasteiger partial charge in [-0.1, -0.05) is 29.4 Å². The second-order valence-electron chi connectivity index (χ2n) is 8.32. The molecule has 0 unspecified atom stereocenters. The van der Waals surface area contributed by atoms with E-state index in [1.807, 2.05) is 18.2 Å². The van der Waals surface area contributed by atoms with Crippen molar-refractivity contribution in [2.75, 3.05) is 18.5 Å². The molecule has 5 aromatic rings. The van der Waals surface area contributed by atoms with Gasteiger partial charge in [0, 0.05) is 17.0 Å². The van der Waals surface area contributed by atoms with Crippen LogP contribution >= 0.6 is 23.4 Å². The van der Waals surface area contributed by atoms with Crippen LogP contribution in [0.1, 0.15) is 40.4 Å². The molecule has 40 heavy (non-hydrogen) atoms. The Labute approximate surface area is 236 Å². The summed E-state index contributed by atoms with van der Waals surface area (Å²) in [5, 5.41) is 5.00. The topological polar surface area (TPSA) is 165 Å². The van der Waals surface area contributed by atoms with Gasteiger partial charge in [0.05, 0.1) is 24.0 Å². The Balaban J connectivity index is 0.000000184. The van der Waals surface area contributed by atoms with Gasteiger partial charge in [-0.15, -0.1) is 0 Å². The lowest BCUT2D eigenvalue weighted by atomic mass is 10.1. The maximum absolute atomic E-state index is 11.9. The first kappa shape index (κ1) is 27.1. The third-order valence-electron chi connectivity index (χ3n) is 5.68. The summed E-state index contributed by atoms with van der Waals surface area (Å²) in [5.74, 6) is -0.281. The van der Waals surface area contributed by atoms with Crippen LogP contribution in [0.4, 0.5) is 11.5 Å². The Bertz CT molecular complexity index is 1750. The number of halogens is 1. The molecule has 1 aliphatic rings. The summed E-state index contributed by atoms with van der Waals surface area (Å²) >= 11 is 7.08. The van der Waals surface area contributed by atoms with E-state index in [-0.39, 0.29) is 5.12 Å². The SMILES string of the molecule is CCOC(=O)c1cc2c(Cl)ncnc2[nH]1.CCOC(=O)c1cc2c(Nc3ccc4c(c3)SC(=O)C4)ncnc2[nH]1. The maximum Gasteiger partial charge on any atom is 0.354 e. The molecule has 12 nitrogen and oxygen atoms in total. The molecule has 0 saturated heterocycles. The van der Waals surface area contributed by atoms with Gasteiger partial charge < -0.3 is 24.8 Å². The highest BCUT2D eigenvalue weighted by Gasteiger charge is 2.20. The van der Waals surface area contributed by atoms with E-state index in [9.17, 15) is 14.4 Å². The van der Waals surface area contributed by atoms with Crippen LogP contribution < -0.4 is 5.32 Å². The lowest BCUT2D eigenvalue weighted by Gasteiger charge is -2.07. The highest BCUT2D eigenvalue weighted by Crippen LogP contribution is 2.35. The number of hydrogen-bond acceptors (Lipinski definition) is 11. The van der Waals surface area contributed by atoms with Crippen LogP contribution in [0.5, 0.6) is 0 Å². The van der Waals surface area contributed by atoms with Crippen LogP contribution in [0, 0.1) is 0 Å². The number of anilines is 2. The van der Waals surface area contributed by atoms with Crippen molar-refractivity contribution in [3.8, 4) is 0 Å². The number of carbonyl (C=O) groups is 3. The van der Waals surface area contributed by atoms with Crippen LogP contribution in [0.25, 0.3) is 22.1 Å². The molecule has 0 atom stereocenters. The van der Waals surface area contributed by atoms with E-state index >= 15 is 0 Å². The number of nitrogens with one attached hydrogen (secondary N) is 3. The normalized spacial score (nSPS) is 12.1. The van der Waals surface area contributed by atoms with Gasteiger partial charge in [0.15, 0.2) is 5.12 Å². The fraction of sp³-hybridized carbons (Fsp3) is 0.192. The summed E-state index contributed by atoms with van der Waals surface area (Å²) in [6, 6.07) is 9.02. The molecule has 0 saturated carbocycles. The summed E-state index contributed by atoms with van der Waals surface area (Å²) in [5.41, 5.74) is 3.59. The van der Waals surface area contributed by atoms with E-state index in [1.165, 1.54) is 24.4 Å². The molecule has 0 spiro atoms. The molecule has 0 bridgehead atoms. The number of carbonyl (C=O) groups excluding carboxylic acids is 3. The van der Waals surface area contributed by atoms with Gasteiger partial charge in [-0.3, -0.25) is 4.79 Å². The predicted molar refractivity (Wildman–Crippen MR) is 149 cm³/mol. The Kier molecular flexibility index (Phi) is 7.94. The molecule has 3 N–H and O–H groups in total. The molecule has 0 fully saturated rings. The molecule has 5 heterocycles. The number of hydrogen-bond donors (Lipinski definition) is 3. The number of aromatic amines is 2. The van der Waals surface area contributed by atoms with E-state index in [1.54, 1.807) is 26.0 Å². The van der Waals surface area contributed by atoms with Crippen LogP contribution in [0.15, 0.2) is 47.9 Å². The van der Waals surface area contributed by atoms with Gasteiger partial charge in [0.25, 0.3) is 0 Å². The Morgan fingerprint density at radius 2 is 1.55 bits per heavy atom. The van der Waals surface area contributed by atoms with Gasteiger partial charge in [-0.25, -0.2) is 29.5 Å². The smallest absolute Gasteiger partial charge is 0.354 e. The number of benzene rings is 1.